The molecule has 1 aromatic carbocycles. The van der Waals surface area contributed by atoms with Crippen LogP contribution >= 0.6 is 0 Å². The molecule has 0 aliphatic heterocycles. The van der Waals surface area contributed by atoms with Crippen LogP contribution in [-0.4, -0.2) is 41.3 Å². The number of benzene rings is 1. The lowest BCUT2D eigenvalue weighted by molar-refractivity contribution is 0.220. The summed E-state index contributed by atoms with van der Waals surface area (Å²) in [6, 6.07) is 8.17. The van der Waals surface area contributed by atoms with Gasteiger partial charge in [0.15, 0.2) is 0 Å². The normalized spacial score (nSPS) is 10.3. The van der Waals surface area contributed by atoms with E-state index in [0.29, 0.717) is 12.2 Å². The Balaban J connectivity index is 1.93. The molecule has 0 fully saturated rings. The van der Waals surface area contributed by atoms with Crippen molar-refractivity contribution >= 4 is 17.4 Å². The molecule has 0 aliphatic rings. The Morgan fingerprint density at radius 2 is 1.91 bits per heavy atom. The van der Waals surface area contributed by atoms with Gasteiger partial charge in [-0.25, -0.2) is 4.79 Å². The second kappa shape index (κ2) is 7.49. The third kappa shape index (κ3) is 4.00. The number of hydrogen-bond donors (Lipinski definition) is 2. The van der Waals surface area contributed by atoms with E-state index in [2.05, 4.69) is 58.5 Å². The van der Waals surface area contributed by atoms with Crippen LogP contribution in [0.3, 0.4) is 0 Å². The summed E-state index contributed by atoms with van der Waals surface area (Å²) in [5, 5.41) is 9.24. The molecular formula is C16H23N5O. The van der Waals surface area contributed by atoms with Gasteiger partial charge in [0.25, 0.3) is 0 Å². The highest BCUT2D eigenvalue weighted by atomic mass is 16.2. The molecule has 0 bridgehead atoms. The largest absolute Gasteiger partial charge is 0.372 e. The van der Waals surface area contributed by atoms with Gasteiger partial charge in [-0.15, -0.1) is 0 Å². The molecular weight excluding hydrogens is 278 g/mol. The van der Waals surface area contributed by atoms with Crippen molar-refractivity contribution in [1.29, 1.82) is 0 Å². The third-order valence-electron chi connectivity index (χ3n) is 3.58. The number of aromatic nitrogens is 2. The van der Waals surface area contributed by atoms with Gasteiger partial charge in [-0.2, -0.15) is 5.10 Å². The van der Waals surface area contributed by atoms with E-state index in [1.54, 1.807) is 24.3 Å². The van der Waals surface area contributed by atoms with Crippen LogP contribution in [0.1, 0.15) is 19.4 Å². The lowest BCUT2D eigenvalue weighted by atomic mass is 10.2. The maximum absolute atomic E-state index is 12.0. The molecule has 118 valence electrons. The van der Waals surface area contributed by atoms with Gasteiger partial charge in [0.2, 0.25) is 0 Å². The van der Waals surface area contributed by atoms with Crippen molar-refractivity contribution < 1.29 is 4.79 Å². The van der Waals surface area contributed by atoms with Crippen molar-refractivity contribution in [2.24, 2.45) is 0 Å². The fourth-order valence-electron chi connectivity index (χ4n) is 2.28. The number of rotatable bonds is 6. The molecule has 0 atom stereocenters. The summed E-state index contributed by atoms with van der Waals surface area (Å²) < 4.78 is 0. The van der Waals surface area contributed by atoms with Crippen molar-refractivity contribution in [1.82, 2.24) is 15.1 Å². The summed E-state index contributed by atoms with van der Waals surface area (Å²) in [6.07, 6.45) is 3.22. The van der Waals surface area contributed by atoms with E-state index in [0.717, 1.165) is 18.7 Å². The van der Waals surface area contributed by atoms with Gasteiger partial charge in [0.1, 0.15) is 0 Å². The minimum absolute atomic E-state index is 0.158. The van der Waals surface area contributed by atoms with Gasteiger partial charge in [0.05, 0.1) is 11.9 Å². The van der Waals surface area contributed by atoms with Crippen molar-refractivity contribution in [2.75, 3.05) is 30.4 Å². The standard InChI is InChI=1S/C16H23N5O/c1-4-21(5-2)15-8-6-13(7-9-15)12-20(3)16(22)19-14-10-17-18-11-14/h6-11H,4-5,12H2,1-3H3,(H,17,18)(H,19,22). The second-order valence-corrected chi connectivity index (χ2v) is 5.11. The molecule has 0 spiro atoms. The van der Waals surface area contributed by atoms with Crippen LogP contribution in [-0.2, 0) is 6.54 Å². The molecule has 6 nitrogen and oxygen atoms in total. The minimum atomic E-state index is -0.158. The number of carbonyl (C=O) groups excluding carboxylic acids is 1. The Bertz CT molecular complexity index is 575. The van der Waals surface area contributed by atoms with Crippen LogP contribution < -0.4 is 10.2 Å². The van der Waals surface area contributed by atoms with E-state index in [4.69, 9.17) is 0 Å². The molecule has 2 rings (SSSR count). The van der Waals surface area contributed by atoms with Gasteiger partial charge in [-0.1, -0.05) is 12.1 Å². The molecule has 0 saturated carbocycles. The maximum atomic E-state index is 12.0. The molecule has 0 saturated heterocycles. The molecule has 0 aliphatic carbocycles. The van der Waals surface area contributed by atoms with Crippen LogP contribution in [0.4, 0.5) is 16.2 Å². The predicted octanol–water partition coefficient (Wildman–Crippen LogP) is 2.92. The molecule has 2 N–H and O–H groups in total. The number of amides is 2. The highest BCUT2D eigenvalue weighted by Gasteiger charge is 2.10. The minimum Gasteiger partial charge on any atom is -0.372 e. The summed E-state index contributed by atoms with van der Waals surface area (Å²) in [6.45, 7) is 6.82. The first-order valence-electron chi connectivity index (χ1n) is 7.48. The molecule has 2 amide bonds. The van der Waals surface area contributed by atoms with Crippen molar-refractivity contribution in [3.63, 3.8) is 0 Å². The topological polar surface area (TPSA) is 64.3 Å². The summed E-state index contributed by atoms with van der Waals surface area (Å²) in [7, 11) is 1.77. The van der Waals surface area contributed by atoms with Crippen molar-refractivity contribution in [2.45, 2.75) is 20.4 Å². The Morgan fingerprint density at radius 1 is 1.23 bits per heavy atom. The first kappa shape index (κ1) is 15.9. The van der Waals surface area contributed by atoms with E-state index in [9.17, 15) is 4.79 Å². The Labute approximate surface area is 131 Å². The average Bonchev–Trinajstić information content (AvgIpc) is 3.03. The van der Waals surface area contributed by atoms with Gasteiger partial charge in [-0.3, -0.25) is 5.10 Å². The van der Waals surface area contributed by atoms with Crippen LogP contribution in [0.15, 0.2) is 36.7 Å². The molecule has 0 unspecified atom stereocenters. The predicted molar refractivity (Wildman–Crippen MR) is 89.1 cm³/mol. The fourth-order valence-corrected chi connectivity index (χ4v) is 2.28. The van der Waals surface area contributed by atoms with E-state index in [-0.39, 0.29) is 6.03 Å². The van der Waals surface area contributed by atoms with Gasteiger partial charge in [-0.05, 0) is 31.5 Å². The van der Waals surface area contributed by atoms with Gasteiger partial charge < -0.3 is 15.1 Å². The van der Waals surface area contributed by atoms with Gasteiger partial charge >= 0.3 is 6.03 Å². The highest BCUT2D eigenvalue weighted by molar-refractivity contribution is 5.88. The SMILES string of the molecule is CCN(CC)c1ccc(CN(C)C(=O)Nc2cn[nH]c2)cc1. The fraction of sp³-hybridized carbons (Fsp3) is 0.375. The summed E-state index contributed by atoms with van der Waals surface area (Å²) in [5.74, 6) is 0. The number of nitrogens with zero attached hydrogens (tertiary/aromatic N) is 3. The number of aromatic amines is 1. The van der Waals surface area contributed by atoms with E-state index >= 15 is 0 Å². The Hall–Kier alpha value is -2.50. The summed E-state index contributed by atoms with van der Waals surface area (Å²) >= 11 is 0. The molecule has 1 heterocycles. The first-order valence-corrected chi connectivity index (χ1v) is 7.48. The molecule has 2 aromatic rings. The van der Waals surface area contributed by atoms with Crippen LogP contribution in [0.25, 0.3) is 0 Å². The molecule has 6 heteroatoms. The first-order chi connectivity index (χ1) is 10.6. The average molecular weight is 301 g/mol. The van der Waals surface area contributed by atoms with Crippen molar-refractivity contribution in [3.05, 3.63) is 42.2 Å². The van der Waals surface area contributed by atoms with Crippen LogP contribution in [0.5, 0.6) is 0 Å². The number of nitrogens with one attached hydrogen (secondary N) is 2. The lowest BCUT2D eigenvalue weighted by Gasteiger charge is -2.22. The van der Waals surface area contributed by atoms with Crippen molar-refractivity contribution in [3.8, 4) is 0 Å². The Morgan fingerprint density at radius 3 is 2.45 bits per heavy atom. The Kier molecular flexibility index (Phi) is 5.41. The summed E-state index contributed by atoms with van der Waals surface area (Å²) in [4.78, 5) is 16.0. The van der Waals surface area contributed by atoms with E-state index in [1.807, 2.05) is 0 Å². The van der Waals surface area contributed by atoms with Crippen LogP contribution in [0, 0.1) is 0 Å². The second-order valence-electron chi connectivity index (χ2n) is 5.11. The maximum Gasteiger partial charge on any atom is 0.321 e. The highest BCUT2D eigenvalue weighted by Crippen LogP contribution is 2.16. The summed E-state index contributed by atoms with van der Waals surface area (Å²) in [5.41, 5.74) is 2.97. The quantitative estimate of drug-likeness (QED) is 0.862. The zero-order chi connectivity index (χ0) is 15.9. The molecule has 22 heavy (non-hydrogen) atoms. The number of carbonyl (C=O) groups is 1. The monoisotopic (exact) mass is 301 g/mol. The van der Waals surface area contributed by atoms with E-state index in [1.165, 1.54) is 5.69 Å². The lowest BCUT2D eigenvalue weighted by Crippen LogP contribution is -2.30. The molecule has 1 aromatic heterocycles. The van der Waals surface area contributed by atoms with Crippen LogP contribution in [0.2, 0.25) is 0 Å². The molecule has 0 radical (unpaired) electrons. The number of H-pyrrole nitrogens is 1. The number of hydrogen-bond acceptors (Lipinski definition) is 3. The zero-order valence-electron chi connectivity index (χ0n) is 13.3. The third-order valence-corrected chi connectivity index (χ3v) is 3.58. The number of urea groups is 1. The van der Waals surface area contributed by atoms with E-state index < -0.39 is 0 Å². The smallest absolute Gasteiger partial charge is 0.321 e. The van der Waals surface area contributed by atoms with Gasteiger partial charge in [0, 0.05) is 38.6 Å². The number of anilines is 2. The zero-order valence-corrected chi connectivity index (χ0v) is 13.3.